The van der Waals surface area contributed by atoms with Gasteiger partial charge < -0.3 is 29.6 Å². The SMILES string of the molecule is COCCNC(=O)[C@H](NC(=O)c1ccc2c(c1)OCO2)C1CCN(S(=O)(=O)c2ccc(OC)cc2)CC1. The summed E-state index contributed by atoms with van der Waals surface area (Å²) < 4.78 is 48.4. The van der Waals surface area contributed by atoms with E-state index in [9.17, 15) is 18.0 Å². The van der Waals surface area contributed by atoms with Crippen molar-refractivity contribution in [1.29, 1.82) is 0 Å². The van der Waals surface area contributed by atoms with Gasteiger partial charge in [-0.1, -0.05) is 0 Å². The molecule has 200 valence electrons. The van der Waals surface area contributed by atoms with E-state index in [1.807, 2.05) is 0 Å². The van der Waals surface area contributed by atoms with Crippen LogP contribution in [-0.4, -0.2) is 77.8 Å². The number of piperidine rings is 1. The van der Waals surface area contributed by atoms with Crippen LogP contribution < -0.4 is 24.8 Å². The molecular weight excluding hydrogens is 502 g/mol. The highest BCUT2D eigenvalue weighted by molar-refractivity contribution is 7.89. The first-order valence-electron chi connectivity index (χ1n) is 11.9. The molecule has 0 aliphatic carbocycles. The smallest absolute Gasteiger partial charge is 0.252 e. The number of nitrogens with zero attached hydrogens (tertiary/aromatic N) is 1. The van der Waals surface area contributed by atoms with Gasteiger partial charge in [-0.15, -0.1) is 0 Å². The van der Waals surface area contributed by atoms with Crippen LogP contribution in [0.25, 0.3) is 0 Å². The molecule has 0 radical (unpaired) electrons. The Balaban J connectivity index is 1.45. The predicted molar refractivity (Wildman–Crippen MR) is 133 cm³/mol. The summed E-state index contributed by atoms with van der Waals surface area (Å²) in [6.07, 6.45) is 0.804. The summed E-state index contributed by atoms with van der Waals surface area (Å²) in [6.45, 7) is 1.15. The monoisotopic (exact) mass is 533 g/mol. The van der Waals surface area contributed by atoms with Gasteiger partial charge in [-0.2, -0.15) is 4.31 Å². The van der Waals surface area contributed by atoms with Gasteiger partial charge in [0.05, 0.1) is 18.6 Å². The lowest BCUT2D eigenvalue weighted by Gasteiger charge is -2.35. The third-order valence-corrected chi connectivity index (χ3v) is 8.39. The van der Waals surface area contributed by atoms with Crippen molar-refractivity contribution in [2.75, 3.05) is 47.3 Å². The Morgan fingerprint density at radius 3 is 2.43 bits per heavy atom. The Bertz CT molecular complexity index is 1210. The second-order valence-corrected chi connectivity index (χ2v) is 10.7. The highest BCUT2D eigenvalue weighted by atomic mass is 32.2. The Labute approximate surface area is 216 Å². The zero-order chi connectivity index (χ0) is 26.4. The number of rotatable bonds is 10. The molecule has 0 aromatic heterocycles. The summed E-state index contributed by atoms with van der Waals surface area (Å²) in [5, 5.41) is 5.64. The average Bonchev–Trinajstić information content (AvgIpc) is 3.40. The van der Waals surface area contributed by atoms with Crippen LogP contribution >= 0.6 is 0 Å². The molecule has 1 fully saturated rings. The van der Waals surface area contributed by atoms with Gasteiger partial charge in [0.15, 0.2) is 11.5 Å². The first kappa shape index (κ1) is 26.7. The van der Waals surface area contributed by atoms with E-state index in [1.165, 1.54) is 30.7 Å². The second kappa shape index (κ2) is 11.8. The van der Waals surface area contributed by atoms with E-state index in [0.717, 1.165) is 0 Å². The summed E-state index contributed by atoms with van der Waals surface area (Å²) in [6, 6.07) is 10.2. The Morgan fingerprint density at radius 2 is 1.76 bits per heavy atom. The van der Waals surface area contributed by atoms with E-state index in [-0.39, 0.29) is 43.1 Å². The number of carbonyl (C=O) groups excluding carboxylic acids is 2. The number of nitrogens with one attached hydrogen (secondary N) is 2. The molecule has 0 unspecified atom stereocenters. The van der Waals surface area contributed by atoms with Crippen LogP contribution in [0.2, 0.25) is 0 Å². The van der Waals surface area contributed by atoms with Crippen LogP contribution in [0.3, 0.4) is 0 Å². The van der Waals surface area contributed by atoms with Crippen molar-refractivity contribution in [3.63, 3.8) is 0 Å². The van der Waals surface area contributed by atoms with Gasteiger partial charge >= 0.3 is 0 Å². The number of ether oxygens (including phenoxy) is 4. The molecule has 2 aliphatic heterocycles. The van der Waals surface area contributed by atoms with Crippen LogP contribution in [0.15, 0.2) is 47.4 Å². The van der Waals surface area contributed by atoms with Gasteiger partial charge in [0.2, 0.25) is 22.7 Å². The lowest BCUT2D eigenvalue weighted by Crippen LogP contribution is -2.54. The maximum absolute atomic E-state index is 13.1. The normalized spacial score (nSPS) is 16.7. The van der Waals surface area contributed by atoms with E-state index >= 15 is 0 Å². The minimum Gasteiger partial charge on any atom is -0.497 e. The molecule has 0 spiro atoms. The van der Waals surface area contributed by atoms with Crippen molar-refractivity contribution in [2.24, 2.45) is 5.92 Å². The summed E-state index contributed by atoms with van der Waals surface area (Å²) in [7, 11) is -0.651. The van der Waals surface area contributed by atoms with E-state index in [0.29, 0.717) is 42.3 Å². The number of sulfonamides is 1. The van der Waals surface area contributed by atoms with Gasteiger partial charge in [-0.25, -0.2) is 8.42 Å². The number of methoxy groups -OCH3 is 2. The minimum absolute atomic E-state index is 0.0863. The number of hydrogen-bond donors (Lipinski definition) is 2. The molecule has 2 aromatic rings. The first-order chi connectivity index (χ1) is 17.8. The van der Waals surface area contributed by atoms with E-state index < -0.39 is 22.0 Å². The molecule has 1 atom stereocenters. The third kappa shape index (κ3) is 6.14. The van der Waals surface area contributed by atoms with Crippen molar-refractivity contribution in [1.82, 2.24) is 14.9 Å². The summed E-state index contributed by atoms with van der Waals surface area (Å²) in [5.74, 6) is 0.545. The Hall–Kier alpha value is -3.35. The fourth-order valence-corrected chi connectivity index (χ4v) is 5.86. The highest BCUT2D eigenvalue weighted by Crippen LogP contribution is 2.33. The standard InChI is InChI=1S/C25H31N3O8S/c1-33-14-11-26-25(30)23(27-24(29)18-3-8-21-22(15-18)36-16-35-21)17-9-12-28(13-10-17)37(31,32)20-6-4-19(34-2)5-7-20/h3-8,15,17,23H,9-14,16H2,1-2H3,(H,26,30)(H,27,29)/t23-/m1/s1. The van der Waals surface area contributed by atoms with Crippen LogP contribution in [0.4, 0.5) is 0 Å². The molecule has 2 N–H and O–H groups in total. The predicted octanol–water partition coefficient (Wildman–Crippen LogP) is 1.39. The van der Waals surface area contributed by atoms with Gasteiger partial charge in [0.1, 0.15) is 11.8 Å². The summed E-state index contributed by atoms with van der Waals surface area (Å²) in [4.78, 5) is 26.3. The Kier molecular flexibility index (Phi) is 8.52. The fourth-order valence-electron chi connectivity index (χ4n) is 4.39. The highest BCUT2D eigenvalue weighted by Gasteiger charge is 2.36. The molecule has 1 saturated heterocycles. The lowest BCUT2D eigenvalue weighted by molar-refractivity contribution is -0.124. The topological polar surface area (TPSA) is 132 Å². The first-order valence-corrected chi connectivity index (χ1v) is 13.4. The number of amides is 2. The molecule has 0 saturated carbocycles. The van der Waals surface area contributed by atoms with E-state index in [1.54, 1.807) is 30.3 Å². The van der Waals surface area contributed by atoms with Crippen LogP contribution in [-0.2, 0) is 19.6 Å². The molecular formula is C25H31N3O8S. The van der Waals surface area contributed by atoms with Crippen LogP contribution in [0.5, 0.6) is 17.2 Å². The van der Waals surface area contributed by atoms with Crippen molar-refractivity contribution in [2.45, 2.75) is 23.8 Å². The quantitative estimate of drug-likeness (QED) is 0.438. The van der Waals surface area contributed by atoms with Crippen molar-refractivity contribution < 1.29 is 37.0 Å². The number of hydrogen-bond acceptors (Lipinski definition) is 8. The number of fused-ring (bicyclic) bond motifs is 1. The molecule has 2 aromatic carbocycles. The Morgan fingerprint density at radius 1 is 1.05 bits per heavy atom. The van der Waals surface area contributed by atoms with Crippen molar-refractivity contribution in [3.05, 3.63) is 48.0 Å². The van der Waals surface area contributed by atoms with Gasteiger partial charge in [-0.3, -0.25) is 9.59 Å². The molecule has 2 aliphatic rings. The van der Waals surface area contributed by atoms with E-state index in [4.69, 9.17) is 18.9 Å². The lowest BCUT2D eigenvalue weighted by atomic mass is 9.89. The number of benzene rings is 2. The van der Waals surface area contributed by atoms with E-state index in [2.05, 4.69) is 10.6 Å². The largest absolute Gasteiger partial charge is 0.497 e. The molecule has 12 heteroatoms. The van der Waals surface area contributed by atoms with Gasteiger partial charge in [0.25, 0.3) is 5.91 Å². The minimum atomic E-state index is -3.70. The summed E-state index contributed by atoms with van der Waals surface area (Å²) in [5.41, 5.74) is 0.332. The maximum atomic E-state index is 13.1. The third-order valence-electron chi connectivity index (χ3n) is 6.48. The fraction of sp³-hybridized carbons (Fsp3) is 0.440. The molecule has 2 amide bonds. The summed E-state index contributed by atoms with van der Waals surface area (Å²) >= 11 is 0. The molecule has 37 heavy (non-hydrogen) atoms. The van der Waals surface area contributed by atoms with Crippen molar-refractivity contribution >= 4 is 21.8 Å². The number of carbonyl (C=O) groups is 2. The molecule has 4 rings (SSSR count). The van der Waals surface area contributed by atoms with Crippen LogP contribution in [0, 0.1) is 5.92 Å². The molecule has 2 heterocycles. The molecule has 0 bridgehead atoms. The van der Waals surface area contributed by atoms with Gasteiger partial charge in [0, 0.05) is 32.3 Å². The zero-order valence-corrected chi connectivity index (χ0v) is 21.6. The van der Waals surface area contributed by atoms with Crippen molar-refractivity contribution in [3.8, 4) is 17.2 Å². The van der Waals surface area contributed by atoms with Gasteiger partial charge in [-0.05, 0) is 61.2 Å². The zero-order valence-electron chi connectivity index (χ0n) is 20.8. The van der Waals surface area contributed by atoms with Crippen LogP contribution in [0.1, 0.15) is 23.2 Å². The second-order valence-electron chi connectivity index (χ2n) is 8.72. The average molecular weight is 534 g/mol. The molecule has 11 nitrogen and oxygen atoms in total. The maximum Gasteiger partial charge on any atom is 0.252 e.